The highest BCUT2D eigenvalue weighted by Gasteiger charge is 2.14. The molecule has 1 unspecified atom stereocenters. The smallest absolute Gasteiger partial charge is 0.191 e. The molecule has 6 heteroatoms. The number of halogens is 2. The van der Waals surface area contributed by atoms with Crippen LogP contribution in [0.3, 0.4) is 0 Å². The summed E-state index contributed by atoms with van der Waals surface area (Å²) in [4.78, 5) is 6.83. The van der Waals surface area contributed by atoms with Gasteiger partial charge in [-0.2, -0.15) is 0 Å². The van der Waals surface area contributed by atoms with Gasteiger partial charge in [-0.3, -0.25) is 4.99 Å². The molecule has 1 saturated heterocycles. The average Bonchev–Trinajstić information content (AvgIpc) is 3.02. The van der Waals surface area contributed by atoms with Gasteiger partial charge in [0.15, 0.2) is 5.96 Å². The molecule has 2 rings (SSSR count). The Labute approximate surface area is 162 Å². The number of guanidine groups is 1. The highest BCUT2D eigenvalue weighted by molar-refractivity contribution is 14.0. The molecule has 1 aliphatic heterocycles. The Morgan fingerprint density at radius 1 is 1.22 bits per heavy atom. The summed E-state index contributed by atoms with van der Waals surface area (Å²) in [5.74, 6) is 1.47. The van der Waals surface area contributed by atoms with Gasteiger partial charge in [0, 0.05) is 31.7 Å². The summed E-state index contributed by atoms with van der Waals surface area (Å²) >= 11 is 5.90. The maximum absolute atomic E-state index is 5.90. The maximum Gasteiger partial charge on any atom is 0.191 e. The SMILES string of the molecule is CN=C(NCc1ccc(Cl)cc1)NCC(C)CN1CCCC1.I. The lowest BCUT2D eigenvalue weighted by Crippen LogP contribution is -2.41. The second kappa shape index (κ2) is 11.1. The van der Waals surface area contributed by atoms with E-state index in [9.17, 15) is 0 Å². The van der Waals surface area contributed by atoms with E-state index in [-0.39, 0.29) is 24.0 Å². The van der Waals surface area contributed by atoms with Crippen molar-refractivity contribution >= 4 is 41.5 Å². The second-order valence-corrected chi connectivity index (χ2v) is 6.48. The van der Waals surface area contributed by atoms with E-state index >= 15 is 0 Å². The van der Waals surface area contributed by atoms with Crippen molar-refractivity contribution in [2.75, 3.05) is 33.2 Å². The number of rotatable bonds is 6. The van der Waals surface area contributed by atoms with E-state index in [0.29, 0.717) is 5.92 Å². The molecular weight excluding hydrogens is 423 g/mol. The standard InChI is InChI=1S/C17H27ClN4.HI/c1-14(13-22-9-3-4-10-22)11-20-17(19-2)21-12-15-5-7-16(18)8-6-15;/h5-8,14H,3-4,9-13H2,1-2H3,(H2,19,20,21);1H. The van der Waals surface area contributed by atoms with E-state index in [1.807, 2.05) is 31.3 Å². The summed E-state index contributed by atoms with van der Waals surface area (Å²) in [6.07, 6.45) is 2.70. The van der Waals surface area contributed by atoms with Crippen LogP contribution in [0.25, 0.3) is 0 Å². The Balaban J connectivity index is 0.00000264. The lowest BCUT2D eigenvalue weighted by atomic mass is 10.1. The van der Waals surface area contributed by atoms with Crippen LogP contribution >= 0.6 is 35.6 Å². The van der Waals surface area contributed by atoms with Crippen LogP contribution in [0.15, 0.2) is 29.3 Å². The largest absolute Gasteiger partial charge is 0.356 e. The molecule has 0 bridgehead atoms. The zero-order chi connectivity index (χ0) is 15.8. The van der Waals surface area contributed by atoms with Gasteiger partial charge in [-0.15, -0.1) is 24.0 Å². The maximum atomic E-state index is 5.90. The van der Waals surface area contributed by atoms with Crippen LogP contribution in [0.1, 0.15) is 25.3 Å². The third kappa shape index (κ3) is 7.72. The first-order valence-corrected chi connectivity index (χ1v) is 8.46. The van der Waals surface area contributed by atoms with Gasteiger partial charge in [-0.05, 0) is 49.5 Å². The van der Waals surface area contributed by atoms with Gasteiger partial charge in [0.1, 0.15) is 0 Å². The van der Waals surface area contributed by atoms with Crippen LogP contribution in [0.4, 0.5) is 0 Å². The molecule has 1 aromatic carbocycles. The highest BCUT2D eigenvalue weighted by Crippen LogP contribution is 2.10. The van der Waals surface area contributed by atoms with Crippen molar-refractivity contribution in [3.63, 3.8) is 0 Å². The molecule has 1 heterocycles. The number of hydrogen-bond acceptors (Lipinski definition) is 2. The number of nitrogens with one attached hydrogen (secondary N) is 2. The van der Waals surface area contributed by atoms with E-state index in [4.69, 9.17) is 11.6 Å². The molecule has 0 saturated carbocycles. The van der Waals surface area contributed by atoms with Gasteiger partial charge in [-0.25, -0.2) is 0 Å². The first-order chi connectivity index (χ1) is 10.7. The predicted octanol–water partition coefficient (Wildman–Crippen LogP) is 3.35. The van der Waals surface area contributed by atoms with E-state index in [0.717, 1.165) is 24.1 Å². The molecule has 1 aliphatic rings. The summed E-state index contributed by atoms with van der Waals surface area (Å²) in [5.41, 5.74) is 1.19. The molecular formula is C17H28ClIN4. The van der Waals surface area contributed by atoms with Crippen molar-refractivity contribution in [3.8, 4) is 0 Å². The van der Waals surface area contributed by atoms with Crippen molar-refractivity contribution < 1.29 is 0 Å². The van der Waals surface area contributed by atoms with Gasteiger partial charge in [0.25, 0.3) is 0 Å². The molecule has 0 radical (unpaired) electrons. The van der Waals surface area contributed by atoms with Crippen LogP contribution in [0.5, 0.6) is 0 Å². The summed E-state index contributed by atoms with van der Waals surface area (Å²) in [6.45, 7) is 7.66. The Morgan fingerprint density at radius 3 is 2.48 bits per heavy atom. The molecule has 1 aromatic rings. The number of likely N-dealkylation sites (tertiary alicyclic amines) is 1. The third-order valence-corrected chi connectivity index (χ3v) is 4.24. The van der Waals surface area contributed by atoms with E-state index in [1.54, 1.807) is 0 Å². The summed E-state index contributed by atoms with van der Waals surface area (Å²) in [7, 11) is 1.81. The first-order valence-electron chi connectivity index (χ1n) is 8.08. The molecule has 130 valence electrons. The van der Waals surface area contributed by atoms with Crippen molar-refractivity contribution in [2.45, 2.75) is 26.3 Å². The molecule has 0 aromatic heterocycles. The number of benzene rings is 1. The summed E-state index contributed by atoms with van der Waals surface area (Å²) in [6, 6.07) is 7.87. The minimum atomic E-state index is 0. The van der Waals surface area contributed by atoms with Crippen LogP contribution < -0.4 is 10.6 Å². The van der Waals surface area contributed by atoms with Crippen LogP contribution in [-0.2, 0) is 6.54 Å². The number of aliphatic imine (C=N–C) groups is 1. The fourth-order valence-electron chi connectivity index (χ4n) is 2.75. The minimum Gasteiger partial charge on any atom is -0.356 e. The summed E-state index contributed by atoms with van der Waals surface area (Å²) in [5, 5.41) is 7.51. The zero-order valence-corrected chi connectivity index (χ0v) is 17.1. The number of hydrogen-bond donors (Lipinski definition) is 2. The normalized spacial score (nSPS) is 16.7. The minimum absolute atomic E-state index is 0. The topological polar surface area (TPSA) is 39.7 Å². The predicted molar refractivity (Wildman–Crippen MR) is 110 cm³/mol. The van der Waals surface area contributed by atoms with Gasteiger partial charge in [0.05, 0.1) is 0 Å². The summed E-state index contributed by atoms with van der Waals surface area (Å²) < 4.78 is 0. The second-order valence-electron chi connectivity index (χ2n) is 6.05. The molecule has 1 atom stereocenters. The Kier molecular flexibility index (Phi) is 9.90. The highest BCUT2D eigenvalue weighted by atomic mass is 127. The molecule has 0 amide bonds. The van der Waals surface area contributed by atoms with E-state index in [2.05, 4.69) is 27.4 Å². The van der Waals surface area contributed by atoms with Gasteiger partial charge < -0.3 is 15.5 Å². The van der Waals surface area contributed by atoms with Crippen molar-refractivity contribution in [2.24, 2.45) is 10.9 Å². The van der Waals surface area contributed by atoms with Crippen molar-refractivity contribution in [3.05, 3.63) is 34.9 Å². The Morgan fingerprint density at radius 2 is 1.87 bits per heavy atom. The van der Waals surface area contributed by atoms with Crippen LogP contribution in [0, 0.1) is 5.92 Å². The fraction of sp³-hybridized carbons (Fsp3) is 0.588. The molecule has 1 fully saturated rings. The molecule has 0 aliphatic carbocycles. The molecule has 23 heavy (non-hydrogen) atoms. The zero-order valence-electron chi connectivity index (χ0n) is 14.0. The Bertz CT molecular complexity index is 472. The fourth-order valence-corrected chi connectivity index (χ4v) is 2.88. The van der Waals surface area contributed by atoms with Crippen LogP contribution in [0.2, 0.25) is 5.02 Å². The van der Waals surface area contributed by atoms with Crippen molar-refractivity contribution in [1.29, 1.82) is 0 Å². The monoisotopic (exact) mass is 450 g/mol. The first kappa shape index (κ1) is 20.5. The Hall–Kier alpha value is -0.530. The van der Waals surface area contributed by atoms with Crippen molar-refractivity contribution in [1.82, 2.24) is 15.5 Å². The van der Waals surface area contributed by atoms with E-state index < -0.39 is 0 Å². The molecule has 0 spiro atoms. The quantitative estimate of drug-likeness (QED) is 0.397. The number of nitrogens with zero attached hydrogens (tertiary/aromatic N) is 2. The lowest BCUT2D eigenvalue weighted by molar-refractivity contribution is 0.287. The molecule has 4 nitrogen and oxygen atoms in total. The van der Waals surface area contributed by atoms with E-state index in [1.165, 1.54) is 38.0 Å². The van der Waals surface area contributed by atoms with Crippen LogP contribution in [-0.4, -0.2) is 44.1 Å². The van der Waals surface area contributed by atoms with Gasteiger partial charge in [0.2, 0.25) is 0 Å². The average molecular weight is 451 g/mol. The molecule has 2 N–H and O–H groups in total. The van der Waals surface area contributed by atoms with Gasteiger partial charge >= 0.3 is 0 Å². The van der Waals surface area contributed by atoms with Gasteiger partial charge in [-0.1, -0.05) is 30.7 Å². The lowest BCUT2D eigenvalue weighted by Gasteiger charge is -2.21. The third-order valence-electron chi connectivity index (χ3n) is 3.98.